The van der Waals surface area contributed by atoms with Crippen molar-refractivity contribution in [3.8, 4) is 0 Å². The van der Waals surface area contributed by atoms with Gasteiger partial charge in [-0.05, 0) is 77.1 Å². The molecular weight excluding hydrogens is 295 g/mol. The Hall–Kier alpha value is -1.78. The average molecular weight is 322 g/mol. The van der Waals surface area contributed by atoms with Crippen LogP contribution in [0.2, 0.25) is 0 Å². The Bertz CT molecular complexity index is 534. The Kier molecular flexibility index (Phi) is 5.50. The number of ether oxygens (including phenoxy) is 1. The van der Waals surface area contributed by atoms with Crippen LogP contribution in [0.1, 0.15) is 52.0 Å². The second kappa shape index (κ2) is 7.20. The molecule has 1 fully saturated rings. The van der Waals surface area contributed by atoms with E-state index in [-0.39, 0.29) is 24.0 Å². The number of aryl methyl sites for hydroxylation is 1. The summed E-state index contributed by atoms with van der Waals surface area (Å²) in [6, 6.07) is 5.28. The van der Waals surface area contributed by atoms with Crippen molar-refractivity contribution in [1.82, 2.24) is 5.32 Å². The highest BCUT2D eigenvalue weighted by molar-refractivity contribution is 5.68. The van der Waals surface area contributed by atoms with Gasteiger partial charge in [0, 0.05) is 17.8 Å². The number of benzene rings is 1. The number of carbonyl (C=O) groups excluding carboxylic acids is 1. The number of nitrogens with one attached hydrogen (secondary N) is 2. The molecular formula is C18H27FN2O2. The van der Waals surface area contributed by atoms with Crippen molar-refractivity contribution >= 4 is 11.8 Å². The predicted octanol–water partition coefficient (Wildman–Crippen LogP) is 4.38. The van der Waals surface area contributed by atoms with E-state index >= 15 is 0 Å². The van der Waals surface area contributed by atoms with Gasteiger partial charge in [-0.1, -0.05) is 0 Å². The Labute approximate surface area is 137 Å². The molecule has 0 aliphatic heterocycles. The van der Waals surface area contributed by atoms with Crippen molar-refractivity contribution in [3.63, 3.8) is 0 Å². The Morgan fingerprint density at radius 2 is 1.91 bits per heavy atom. The Morgan fingerprint density at radius 1 is 1.22 bits per heavy atom. The van der Waals surface area contributed by atoms with E-state index in [4.69, 9.17) is 4.74 Å². The second-order valence-corrected chi connectivity index (χ2v) is 7.37. The molecule has 1 aromatic carbocycles. The number of alkyl carbamates (subject to hydrolysis) is 1. The summed E-state index contributed by atoms with van der Waals surface area (Å²) in [5, 5.41) is 6.32. The first-order valence-electron chi connectivity index (χ1n) is 8.24. The smallest absolute Gasteiger partial charge is 0.407 e. The summed E-state index contributed by atoms with van der Waals surface area (Å²) < 4.78 is 18.8. The van der Waals surface area contributed by atoms with Crippen molar-refractivity contribution < 1.29 is 13.9 Å². The van der Waals surface area contributed by atoms with E-state index in [0.29, 0.717) is 0 Å². The molecule has 128 valence electrons. The van der Waals surface area contributed by atoms with Gasteiger partial charge < -0.3 is 15.4 Å². The van der Waals surface area contributed by atoms with Crippen molar-refractivity contribution in [3.05, 3.63) is 29.6 Å². The number of hydrogen-bond acceptors (Lipinski definition) is 3. The van der Waals surface area contributed by atoms with Gasteiger partial charge in [0.15, 0.2) is 0 Å². The molecule has 0 radical (unpaired) electrons. The molecule has 0 bridgehead atoms. The van der Waals surface area contributed by atoms with Crippen LogP contribution in [-0.2, 0) is 4.74 Å². The number of amides is 1. The lowest BCUT2D eigenvalue weighted by atomic mass is 9.91. The molecule has 1 aliphatic carbocycles. The van der Waals surface area contributed by atoms with Gasteiger partial charge >= 0.3 is 6.09 Å². The molecule has 0 heterocycles. The van der Waals surface area contributed by atoms with Gasteiger partial charge in [0.2, 0.25) is 0 Å². The van der Waals surface area contributed by atoms with Crippen LogP contribution in [0.25, 0.3) is 0 Å². The van der Waals surface area contributed by atoms with Crippen molar-refractivity contribution in [2.75, 3.05) is 5.32 Å². The van der Waals surface area contributed by atoms with E-state index < -0.39 is 5.60 Å². The van der Waals surface area contributed by atoms with Crippen LogP contribution >= 0.6 is 0 Å². The molecule has 1 aliphatic rings. The fraction of sp³-hybridized carbons (Fsp3) is 0.611. The van der Waals surface area contributed by atoms with Crippen LogP contribution in [-0.4, -0.2) is 23.8 Å². The molecule has 2 rings (SSSR count). The van der Waals surface area contributed by atoms with Crippen molar-refractivity contribution in [2.24, 2.45) is 0 Å². The summed E-state index contributed by atoms with van der Waals surface area (Å²) in [6.45, 7) is 7.43. The predicted molar refractivity (Wildman–Crippen MR) is 90.2 cm³/mol. The highest BCUT2D eigenvalue weighted by Crippen LogP contribution is 2.24. The first-order chi connectivity index (χ1) is 10.7. The fourth-order valence-electron chi connectivity index (χ4n) is 2.98. The number of halogens is 1. The minimum absolute atomic E-state index is 0.0887. The SMILES string of the molecule is Cc1cc(F)cc(NC2CCCC(NC(=O)OC(C)(C)C)C2)c1. The molecule has 1 aromatic rings. The van der Waals surface area contributed by atoms with Crippen LogP contribution < -0.4 is 10.6 Å². The van der Waals surface area contributed by atoms with Crippen molar-refractivity contribution in [2.45, 2.75) is 71.1 Å². The molecule has 1 saturated carbocycles. The third-order valence-electron chi connectivity index (χ3n) is 3.81. The molecule has 0 aromatic heterocycles. The lowest BCUT2D eigenvalue weighted by molar-refractivity contribution is 0.0492. The zero-order valence-corrected chi connectivity index (χ0v) is 14.4. The van der Waals surface area contributed by atoms with Crippen LogP contribution in [0.3, 0.4) is 0 Å². The Morgan fingerprint density at radius 3 is 2.57 bits per heavy atom. The fourth-order valence-corrected chi connectivity index (χ4v) is 2.98. The standard InChI is InChI=1S/C18H27FN2O2/c1-12-8-13(19)10-16(9-12)20-14-6-5-7-15(11-14)21-17(22)23-18(2,3)4/h8-10,14-15,20H,5-7,11H2,1-4H3,(H,21,22). The third kappa shape index (κ3) is 6.08. The summed E-state index contributed by atoms with van der Waals surface area (Å²) in [5.74, 6) is -0.230. The summed E-state index contributed by atoms with van der Waals surface area (Å²) in [6.07, 6.45) is 3.42. The summed E-state index contributed by atoms with van der Waals surface area (Å²) >= 11 is 0. The van der Waals surface area contributed by atoms with Gasteiger partial charge in [0.25, 0.3) is 0 Å². The van der Waals surface area contributed by atoms with Gasteiger partial charge in [-0.25, -0.2) is 9.18 Å². The Balaban J connectivity index is 1.89. The zero-order valence-electron chi connectivity index (χ0n) is 14.4. The maximum absolute atomic E-state index is 13.5. The van der Waals surface area contributed by atoms with Gasteiger partial charge in [0.05, 0.1) is 0 Å². The van der Waals surface area contributed by atoms with E-state index in [0.717, 1.165) is 36.9 Å². The average Bonchev–Trinajstić information content (AvgIpc) is 2.35. The molecule has 23 heavy (non-hydrogen) atoms. The number of anilines is 1. The molecule has 2 atom stereocenters. The highest BCUT2D eigenvalue weighted by Gasteiger charge is 2.25. The van der Waals surface area contributed by atoms with Crippen LogP contribution in [0.15, 0.2) is 18.2 Å². The maximum Gasteiger partial charge on any atom is 0.407 e. The lowest BCUT2D eigenvalue weighted by Gasteiger charge is -2.31. The molecule has 2 N–H and O–H groups in total. The topological polar surface area (TPSA) is 50.4 Å². The van der Waals surface area contributed by atoms with E-state index in [1.54, 1.807) is 0 Å². The molecule has 4 nitrogen and oxygen atoms in total. The molecule has 5 heteroatoms. The molecule has 0 saturated heterocycles. The maximum atomic E-state index is 13.5. The molecule has 0 spiro atoms. The number of carbonyl (C=O) groups is 1. The van der Waals surface area contributed by atoms with E-state index in [1.807, 2.05) is 33.8 Å². The van der Waals surface area contributed by atoms with E-state index in [2.05, 4.69) is 10.6 Å². The van der Waals surface area contributed by atoms with E-state index in [9.17, 15) is 9.18 Å². The minimum atomic E-state index is -0.491. The van der Waals surface area contributed by atoms with E-state index in [1.165, 1.54) is 12.1 Å². The van der Waals surface area contributed by atoms with Crippen molar-refractivity contribution in [1.29, 1.82) is 0 Å². The lowest BCUT2D eigenvalue weighted by Crippen LogP contribution is -2.43. The number of hydrogen-bond donors (Lipinski definition) is 2. The first kappa shape index (κ1) is 17.6. The minimum Gasteiger partial charge on any atom is -0.444 e. The van der Waals surface area contributed by atoms with Gasteiger partial charge in [-0.15, -0.1) is 0 Å². The zero-order chi connectivity index (χ0) is 17.0. The summed E-state index contributed by atoms with van der Waals surface area (Å²) in [4.78, 5) is 11.9. The first-order valence-corrected chi connectivity index (χ1v) is 8.24. The largest absolute Gasteiger partial charge is 0.444 e. The van der Waals surface area contributed by atoms with Crippen LogP contribution in [0.5, 0.6) is 0 Å². The molecule has 2 unspecified atom stereocenters. The monoisotopic (exact) mass is 322 g/mol. The quantitative estimate of drug-likeness (QED) is 0.868. The van der Waals surface area contributed by atoms with Gasteiger partial charge in [-0.3, -0.25) is 0 Å². The molecule has 1 amide bonds. The van der Waals surface area contributed by atoms with Crippen LogP contribution in [0.4, 0.5) is 14.9 Å². The third-order valence-corrected chi connectivity index (χ3v) is 3.81. The highest BCUT2D eigenvalue weighted by atomic mass is 19.1. The number of rotatable bonds is 3. The summed E-state index contributed by atoms with van der Waals surface area (Å²) in [7, 11) is 0. The van der Waals surface area contributed by atoms with Gasteiger partial charge in [-0.2, -0.15) is 0 Å². The second-order valence-electron chi connectivity index (χ2n) is 7.37. The summed E-state index contributed by atoms with van der Waals surface area (Å²) in [5.41, 5.74) is 1.20. The van der Waals surface area contributed by atoms with Gasteiger partial charge in [0.1, 0.15) is 11.4 Å². The normalized spacial score (nSPS) is 21.6. The van der Waals surface area contributed by atoms with Crippen LogP contribution in [0, 0.1) is 12.7 Å².